The van der Waals surface area contributed by atoms with E-state index in [1.54, 1.807) is 0 Å². The summed E-state index contributed by atoms with van der Waals surface area (Å²) in [4.78, 5) is 26.3. The van der Waals surface area contributed by atoms with Crippen LogP contribution in [0.4, 0.5) is 4.79 Å². The van der Waals surface area contributed by atoms with Crippen LogP contribution in [0.1, 0.15) is 57.8 Å². The number of hydrogen-bond acceptors (Lipinski definition) is 2. The van der Waals surface area contributed by atoms with Crippen LogP contribution in [0.25, 0.3) is 0 Å². The van der Waals surface area contributed by atoms with Crippen molar-refractivity contribution in [2.45, 2.75) is 69.9 Å². The number of nitrogens with zero attached hydrogens (tertiary/aromatic N) is 1. The Balaban J connectivity index is 1.47. The van der Waals surface area contributed by atoms with E-state index in [0.29, 0.717) is 18.6 Å². The summed E-state index contributed by atoms with van der Waals surface area (Å²) in [6, 6.07) is 0.767. The van der Waals surface area contributed by atoms with Gasteiger partial charge in [0.2, 0.25) is 5.91 Å². The van der Waals surface area contributed by atoms with E-state index in [1.165, 1.54) is 19.3 Å². The first-order chi connectivity index (χ1) is 10.2. The molecule has 3 amide bonds. The lowest BCUT2D eigenvalue weighted by molar-refractivity contribution is -0.127. The molecule has 0 unspecified atom stereocenters. The highest BCUT2D eigenvalue weighted by atomic mass is 16.2. The summed E-state index contributed by atoms with van der Waals surface area (Å²) in [5, 5.41) is 6.22. The molecule has 3 aliphatic rings. The highest BCUT2D eigenvalue weighted by Gasteiger charge is 2.32. The van der Waals surface area contributed by atoms with Crippen molar-refractivity contribution in [3.05, 3.63) is 0 Å². The summed E-state index contributed by atoms with van der Waals surface area (Å²) < 4.78 is 0. The van der Waals surface area contributed by atoms with Crippen LogP contribution in [0.3, 0.4) is 0 Å². The summed E-state index contributed by atoms with van der Waals surface area (Å²) in [5.41, 5.74) is 0. The second kappa shape index (κ2) is 6.67. The number of carbonyl (C=O) groups is 2. The Morgan fingerprint density at radius 3 is 2.24 bits per heavy atom. The fraction of sp³-hybridized carbons (Fsp3) is 0.875. The van der Waals surface area contributed by atoms with E-state index in [0.717, 1.165) is 45.1 Å². The molecule has 0 aromatic carbocycles. The van der Waals surface area contributed by atoms with E-state index in [2.05, 4.69) is 10.6 Å². The van der Waals surface area contributed by atoms with Crippen LogP contribution < -0.4 is 10.6 Å². The zero-order valence-electron chi connectivity index (χ0n) is 12.8. The van der Waals surface area contributed by atoms with Gasteiger partial charge >= 0.3 is 6.03 Å². The fourth-order valence-electron chi connectivity index (χ4n) is 3.44. The predicted octanol–water partition coefficient (Wildman–Crippen LogP) is 2.02. The lowest BCUT2D eigenvalue weighted by atomic mass is 9.93. The smallest absolute Gasteiger partial charge is 0.317 e. The van der Waals surface area contributed by atoms with Crippen LogP contribution >= 0.6 is 0 Å². The Bertz CT molecular complexity index is 389. The molecule has 1 saturated heterocycles. The van der Waals surface area contributed by atoms with Gasteiger partial charge < -0.3 is 15.5 Å². The number of rotatable bonds is 3. The SMILES string of the molecule is O=C(NC1CCCCC1)[C@H]1CCCN(C(=O)NC2CC2)C1. The molecule has 2 aliphatic carbocycles. The van der Waals surface area contributed by atoms with Gasteiger partial charge in [-0.05, 0) is 38.5 Å². The van der Waals surface area contributed by atoms with Gasteiger partial charge in [-0.15, -0.1) is 0 Å². The maximum atomic E-state index is 12.4. The topological polar surface area (TPSA) is 61.4 Å². The number of nitrogens with one attached hydrogen (secondary N) is 2. The molecule has 2 N–H and O–H groups in total. The molecule has 0 radical (unpaired) electrons. The number of amides is 3. The lowest BCUT2D eigenvalue weighted by Gasteiger charge is -2.33. The minimum Gasteiger partial charge on any atom is -0.353 e. The summed E-state index contributed by atoms with van der Waals surface area (Å²) in [5.74, 6) is 0.136. The van der Waals surface area contributed by atoms with Crippen molar-refractivity contribution in [3.63, 3.8) is 0 Å². The standard InChI is InChI=1S/C16H27N3O2/c20-15(17-13-6-2-1-3-7-13)12-5-4-10-19(11-12)16(21)18-14-8-9-14/h12-14H,1-11H2,(H,17,20)(H,18,21)/t12-/m0/s1. The van der Waals surface area contributed by atoms with Gasteiger partial charge in [-0.3, -0.25) is 4.79 Å². The van der Waals surface area contributed by atoms with Crippen LogP contribution in [0, 0.1) is 5.92 Å². The van der Waals surface area contributed by atoms with Crippen molar-refractivity contribution in [3.8, 4) is 0 Å². The number of likely N-dealkylation sites (tertiary alicyclic amines) is 1. The number of urea groups is 1. The highest BCUT2D eigenvalue weighted by Crippen LogP contribution is 2.22. The Hall–Kier alpha value is -1.26. The first-order valence-electron chi connectivity index (χ1n) is 8.58. The van der Waals surface area contributed by atoms with Gasteiger partial charge in [0.05, 0.1) is 5.92 Å². The van der Waals surface area contributed by atoms with E-state index in [-0.39, 0.29) is 17.9 Å². The molecule has 3 rings (SSSR count). The van der Waals surface area contributed by atoms with Gasteiger partial charge in [-0.2, -0.15) is 0 Å². The molecule has 1 heterocycles. The zero-order valence-corrected chi connectivity index (χ0v) is 12.8. The number of carbonyl (C=O) groups excluding carboxylic acids is 2. The van der Waals surface area contributed by atoms with E-state index < -0.39 is 0 Å². The van der Waals surface area contributed by atoms with Crippen molar-refractivity contribution in [1.29, 1.82) is 0 Å². The summed E-state index contributed by atoms with van der Waals surface area (Å²) in [6.45, 7) is 1.36. The molecule has 0 bridgehead atoms. The highest BCUT2D eigenvalue weighted by molar-refractivity contribution is 5.81. The van der Waals surface area contributed by atoms with Crippen molar-refractivity contribution < 1.29 is 9.59 Å². The van der Waals surface area contributed by atoms with Crippen molar-refractivity contribution in [1.82, 2.24) is 15.5 Å². The molecule has 1 atom stereocenters. The Labute approximate surface area is 126 Å². The minimum absolute atomic E-state index is 0.0210. The van der Waals surface area contributed by atoms with Crippen LogP contribution in [-0.2, 0) is 4.79 Å². The quantitative estimate of drug-likeness (QED) is 0.836. The Morgan fingerprint density at radius 1 is 0.810 bits per heavy atom. The van der Waals surface area contributed by atoms with Gasteiger partial charge in [0, 0.05) is 25.2 Å². The van der Waals surface area contributed by atoms with Crippen LogP contribution in [0.2, 0.25) is 0 Å². The number of piperidine rings is 1. The largest absolute Gasteiger partial charge is 0.353 e. The molecule has 0 aromatic rings. The summed E-state index contributed by atoms with van der Waals surface area (Å²) in [7, 11) is 0. The van der Waals surface area contributed by atoms with Crippen molar-refractivity contribution in [2.24, 2.45) is 5.92 Å². The normalized spacial score (nSPS) is 27.2. The molecule has 0 aromatic heterocycles. The molecule has 21 heavy (non-hydrogen) atoms. The molecule has 2 saturated carbocycles. The monoisotopic (exact) mass is 293 g/mol. The third kappa shape index (κ3) is 4.11. The molecule has 118 valence electrons. The lowest BCUT2D eigenvalue weighted by Crippen LogP contribution is -2.50. The third-order valence-corrected chi connectivity index (χ3v) is 4.94. The van der Waals surface area contributed by atoms with Gasteiger partial charge in [-0.25, -0.2) is 4.79 Å². The van der Waals surface area contributed by atoms with Crippen LogP contribution in [-0.4, -0.2) is 42.0 Å². The molecule has 1 aliphatic heterocycles. The van der Waals surface area contributed by atoms with Crippen LogP contribution in [0.5, 0.6) is 0 Å². The van der Waals surface area contributed by atoms with Gasteiger partial charge in [0.1, 0.15) is 0 Å². The minimum atomic E-state index is -0.0226. The second-order valence-corrected chi connectivity index (χ2v) is 6.85. The Morgan fingerprint density at radius 2 is 1.52 bits per heavy atom. The van der Waals surface area contributed by atoms with Gasteiger partial charge in [-0.1, -0.05) is 19.3 Å². The van der Waals surface area contributed by atoms with Crippen molar-refractivity contribution in [2.75, 3.05) is 13.1 Å². The third-order valence-electron chi connectivity index (χ3n) is 4.94. The molecule has 0 spiro atoms. The molecule has 5 nitrogen and oxygen atoms in total. The zero-order chi connectivity index (χ0) is 14.7. The summed E-state index contributed by atoms with van der Waals surface area (Å²) in [6.07, 6.45) is 10.0. The molecule has 3 fully saturated rings. The van der Waals surface area contributed by atoms with E-state index >= 15 is 0 Å². The molecular weight excluding hydrogens is 266 g/mol. The maximum Gasteiger partial charge on any atom is 0.317 e. The predicted molar refractivity (Wildman–Crippen MR) is 80.9 cm³/mol. The first kappa shape index (κ1) is 14.7. The molecular formula is C16H27N3O2. The fourth-order valence-corrected chi connectivity index (χ4v) is 3.44. The molecule has 5 heteroatoms. The van der Waals surface area contributed by atoms with Gasteiger partial charge in [0.15, 0.2) is 0 Å². The second-order valence-electron chi connectivity index (χ2n) is 6.85. The van der Waals surface area contributed by atoms with E-state index in [4.69, 9.17) is 0 Å². The average Bonchev–Trinajstić information content (AvgIpc) is 3.32. The maximum absolute atomic E-state index is 12.4. The number of hydrogen-bond donors (Lipinski definition) is 2. The van der Waals surface area contributed by atoms with Crippen molar-refractivity contribution >= 4 is 11.9 Å². The summed E-state index contributed by atoms with van der Waals surface area (Å²) >= 11 is 0. The van der Waals surface area contributed by atoms with Crippen LogP contribution in [0.15, 0.2) is 0 Å². The van der Waals surface area contributed by atoms with E-state index in [1.807, 2.05) is 4.90 Å². The van der Waals surface area contributed by atoms with Gasteiger partial charge in [0.25, 0.3) is 0 Å². The Kier molecular flexibility index (Phi) is 4.66. The van der Waals surface area contributed by atoms with E-state index in [9.17, 15) is 9.59 Å². The first-order valence-corrected chi connectivity index (χ1v) is 8.58. The average molecular weight is 293 g/mol.